The molecule has 30 heavy (non-hydrogen) atoms. The van der Waals surface area contributed by atoms with Crippen LogP contribution in [0.3, 0.4) is 0 Å². The largest absolute Gasteiger partial charge is 0.494 e. The van der Waals surface area contributed by atoms with Gasteiger partial charge in [0.1, 0.15) is 11.3 Å². The summed E-state index contributed by atoms with van der Waals surface area (Å²) in [5.74, 6) is 0.694. The van der Waals surface area contributed by atoms with E-state index in [-0.39, 0.29) is 12.2 Å². The SMILES string of the molecule is CCOc1ccc([C@]2(NC(=O)c3ccccc3)c3ccc(C4OCCO4)cc32)cc1. The molecule has 1 aliphatic carbocycles. The summed E-state index contributed by atoms with van der Waals surface area (Å²) in [6, 6.07) is 23.3. The van der Waals surface area contributed by atoms with Gasteiger partial charge >= 0.3 is 0 Å². The predicted octanol–water partition coefficient (Wildman–Crippen LogP) is 4.17. The second kappa shape index (κ2) is 7.59. The fourth-order valence-corrected chi connectivity index (χ4v) is 4.13. The van der Waals surface area contributed by atoms with Crippen LogP contribution in [-0.4, -0.2) is 25.7 Å². The van der Waals surface area contributed by atoms with Gasteiger partial charge in [-0.3, -0.25) is 4.79 Å². The van der Waals surface area contributed by atoms with Crippen molar-refractivity contribution in [3.8, 4) is 5.75 Å². The molecule has 0 aromatic heterocycles. The van der Waals surface area contributed by atoms with Gasteiger partial charge in [0.2, 0.25) is 0 Å². The minimum Gasteiger partial charge on any atom is -0.494 e. The van der Waals surface area contributed by atoms with Crippen molar-refractivity contribution in [1.29, 1.82) is 0 Å². The highest BCUT2D eigenvalue weighted by molar-refractivity contribution is 5.96. The highest BCUT2D eigenvalue weighted by atomic mass is 16.7. The van der Waals surface area contributed by atoms with E-state index in [0.717, 1.165) is 28.0 Å². The van der Waals surface area contributed by atoms with Crippen LogP contribution in [0.5, 0.6) is 5.75 Å². The first-order valence-corrected chi connectivity index (χ1v) is 10.2. The highest BCUT2D eigenvalue weighted by Crippen LogP contribution is 2.53. The van der Waals surface area contributed by atoms with Gasteiger partial charge < -0.3 is 19.5 Å². The molecule has 5 heteroatoms. The molecular weight excluding hydrogens is 378 g/mol. The van der Waals surface area contributed by atoms with Gasteiger partial charge in [0.05, 0.1) is 19.8 Å². The zero-order valence-electron chi connectivity index (χ0n) is 16.8. The molecular formula is C25H23NO4. The van der Waals surface area contributed by atoms with Gasteiger partial charge in [0, 0.05) is 11.1 Å². The normalized spacial score (nSPS) is 19.9. The van der Waals surface area contributed by atoms with Crippen LogP contribution in [0.25, 0.3) is 0 Å². The molecule has 0 bridgehead atoms. The lowest BCUT2D eigenvalue weighted by atomic mass is 9.99. The number of benzene rings is 3. The summed E-state index contributed by atoms with van der Waals surface area (Å²) in [6.45, 7) is 3.76. The number of nitrogens with one attached hydrogen (secondary N) is 1. The van der Waals surface area contributed by atoms with Crippen LogP contribution < -0.4 is 10.1 Å². The standard InChI is InChI=1S/C25H23NO4/c1-2-28-20-11-9-19(10-12-20)25(26-23(27)17-6-4-3-5-7-17)21-13-8-18(16-22(21)25)24-29-14-15-30-24/h3-13,16,24H,2,14-15H2,1H3,(H,26,27)/t25-/m0/s1. The molecule has 1 amide bonds. The Balaban J connectivity index is 1.51. The molecule has 3 aromatic carbocycles. The lowest BCUT2D eigenvalue weighted by Crippen LogP contribution is -2.37. The van der Waals surface area contributed by atoms with Crippen LogP contribution in [0, 0.1) is 0 Å². The van der Waals surface area contributed by atoms with E-state index in [9.17, 15) is 4.79 Å². The van der Waals surface area contributed by atoms with Gasteiger partial charge in [-0.15, -0.1) is 0 Å². The Morgan fingerprint density at radius 3 is 2.43 bits per heavy atom. The minimum atomic E-state index is -0.658. The molecule has 1 saturated heterocycles. The number of rotatable bonds is 6. The third-order valence-electron chi connectivity index (χ3n) is 5.62. The van der Waals surface area contributed by atoms with Crippen LogP contribution in [0.2, 0.25) is 0 Å². The second-order valence-corrected chi connectivity index (χ2v) is 7.41. The summed E-state index contributed by atoms with van der Waals surface area (Å²) in [4.78, 5) is 13.1. The van der Waals surface area contributed by atoms with Crippen LogP contribution >= 0.6 is 0 Å². The maximum Gasteiger partial charge on any atom is 0.252 e. The number of ether oxygens (including phenoxy) is 3. The van der Waals surface area contributed by atoms with Crippen LogP contribution in [0.15, 0.2) is 72.8 Å². The van der Waals surface area contributed by atoms with Gasteiger partial charge in [-0.25, -0.2) is 0 Å². The van der Waals surface area contributed by atoms with E-state index in [4.69, 9.17) is 14.2 Å². The first-order valence-electron chi connectivity index (χ1n) is 10.2. The van der Waals surface area contributed by atoms with Crippen LogP contribution in [-0.2, 0) is 15.0 Å². The molecule has 3 aromatic rings. The number of carbonyl (C=O) groups is 1. The Bertz CT molecular complexity index is 1060. The first kappa shape index (κ1) is 18.9. The van der Waals surface area contributed by atoms with Crippen molar-refractivity contribution >= 4 is 5.91 Å². The zero-order chi connectivity index (χ0) is 20.6. The molecule has 1 N–H and O–H groups in total. The summed E-state index contributed by atoms with van der Waals surface area (Å²) in [5, 5.41) is 3.27. The van der Waals surface area contributed by atoms with E-state index in [1.807, 2.05) is 67.6 Å². The zero-order valence-corrected chi connectivity index (χ0v) is 16.8. The van der Waals surface area contributed by atoms with E-state index >= 15 is 0 Å². The molecule has 152 valence electrons. The number of hydrogen-bond acceptors (Lipinski definition) is 4. The molecule has 2 aliphatic rings. The van der Waals surface area contributed by atoms with E-state index in [1.54, 1.807) is 0 Å². The molecule has 1 fully saturated rings. The molecule has 0 unspecified atom stereocenters. The van der Waals surface area contributed by atoms with Crippen molar-refractivity contribution in [2.24, 2.45) is 0 Å². The van der Waals surface area contributed by atoms with Crippen molar-refractivity contribution in [3.63, 3.8) is 0 Å². The average Bonchev–Trinajstić information content (AvgIpc) is 3.13. The third kappa shape index (κ3) is 3.16. The monoisotopic (exact) mass is 401 g/mol. The fourth-order valence-electron chi connectivity index (χ4n) is 4.13. The van der Waals surface area contributed by atoms with Crippen LogP contribution in [0.1, 0.15) is 45.8 Å². The average molecular weight is 401 g/mol. The third-order valence-corrected chi connectivity index (χ3v) is 5.62. The van der Waals surface area contributed by atoms with Gasteiger partial charge in [-0.2, -0.15) is 0 Å². The number of hydrogen-bond donors (Lipinski definition) is 1. The summed E-state index contributed by atoms with van der Waals surface area (Å²) in [5.41, 5.74) is 4.08. The maximum atomic E-state index is 13.1. The molecule has 0 radical (unpaired) electrons. The topological polar surface area (TPSA) is 56.8 Å². The molecule has 1 atom stereocenters. The Morgan fingerprint density at radius 2 is 1.73 bits per heavy atom. The van der Waals surface area contributed by atoms with Crippen molar-refractivity contribution in [2.45, 2.75) is 18.8 Å². The van der Waals surface area contributed by atoms with Gasteiger partial charge in [0.15, 0.2) is 6.29 Å². The molecule has 5 rings (SSSR count). The second-order valence-electron chi connectivity index (χ2n) is 7.41. The van der Waals surface area contributed by atoms with Crippen molar-refractivity contribution in [2.75, 3.05) is 19.8 Å². The first-order chi connectivity index (χ1) is 14.7. The molecule has 1 heterocycles. The molecule has 5 nitrogen and oxygen atoms in total. The number of carbonyl (C=O) groups excluding carboxylic acids is 1. The minimum absolute atomic E-state index is 0.115. The quantitative estimate of drug-likeness (QED) is 0.674. The smallest absolute Gasteiger partial charge is 0.252 e. The fraction of sp³-hybridized carbons (Fsp3) is 0.240. The highest BCUT2D eigenvalue weighted by Gasteiger charge is 2.53. The lowest BCUT2D eigenvalue weighted by molar-refractivity contribution is -0.0441. The van der Waals surface area contributed by atoms with Crippen molar-refractivity contribution < 1.29 is 19.0 Å². The molecule has 0 saturated carbocycles. The van der Waals surface area contributed by atoms with E-state index < -0.39 is 5.54 Å². The Hall–Kier alpha value is -3.15. The number of fused-ring (bicyclic) bond motifs is 1. The Morgan fingerprint density at radius 1 is 1.00 bits per heavy atom. The van der Waals surface area contributed by atoms with Gasteiger partial charge in [0.25, 0.3) is 5.91 Å². The summed E-state index contributed by atoms with van der Waals surface area (Å²) < 4.78 is 16.9. The van der Waals surface area contributed by atoms with E-state index in [1.165, 1.54) is 0 Å². The maximum absolute atomic E-state index is 13.1. The van der Waals surface area contributed by atoms with E-state index in [0.29, 0.717) is 25.4 Å². The van der Waals surface area contributed by atoms with Crippen molar-refractivity contribution in [3.05, 3.63) is 101 Å². The Kier molecular flexibility index (Phi) is 4.77. The predicted molar refractivity (Wildman–Crippen MR) is 112 cm³/mol. The summed E-state index contributed by atoms with van der Waals surface area (Å²) >= 11 is 0. The summed E-state index contributed by atoms with van der Waals surface area (Å²) in [6.07, 6.45) is -0.348. The summed E-state index contributed by atoms with van der Waals surface area (Å²) in [7, 11) is 0. The van der Waals surface area contributed by atoms with Gasteiger partial charge in [-0.05, 0) is 53.9 Å². The van der Waals surface area contributed by atoms with Gasteiger partial charge in [-0.1, -0.05) is 42.5 Å². The Labute approximate surface area is 175 Å². The molecule has 1 aliphatic heterocycles. The molecule has 0 spiro atoms. The number of amides is 1. The lowest BCUT2D eigenvalue weighted by Gasteiger charge is -2.20. The van der Waals surface area contributed by atoms with Crippen molar-refractivity contribution in [1.82, 2.24) is 5.32 Å². The van der Waals surface area contributed by atoms with E-state index in [2.05, 4.69) is 17.4 Å². The van der Waals surface area contributed by atoms with Crippen LogP contribution in [0.4, 0.5) is 0 Å².